The summed E-state index contributed by atoms with van der Waals surface area (Å²) in [6.45, 7) is 3.98. The molecule has 1 fully saturated rings. The van der Waals surface area contributed by atoms with E-state index in [9.17, 15) is 14.9 Å². The lowest BCUT2D eigenvalue weighted by atomic mass is 9.67. The Balaban J connectivity index is 2.75. The third-order valence-electron chi connectivity index (χ3n) is 3.74. The van der Waals surface area contributed by atoms with E-state index in [1.165, 1.54) is 0 Å². The molecule has 1 atom stereocenters. The van der Waals surface area contributed by atoms with Gasteiger partial charge in [0.2, 0.25) is 6.54 Å². The van der Waals surface area contributed by atoms with Gasteiger partial charge in [-0.2, -0.15) is 0 Å². The lowest BCUT2D eigenvalue weighted by Gasteiger charge is -2.35. The minimum atomic E-state index is -0.458. The van der Waals surface area contributed by atoms with Crippen LogP contribution in [0.4, 0.5) is 0 Å². The summed E-state index contributed by atoms with van der Waals surface area (Å²) in [5, 5.41) is 10.3. The van der Waals surface area contributed by atoms with Gasteiger partial charge in [0.15, 0.2) is 0 Å². The highest BCUT2D eigenvalue weighted by Crippen LogP contribution is 2.53. The Morgan fingerprint density at radius 1 is 1.43 bits per heavy atom. The number of hydrogen-bond donors (Lipinski definition) is 0. The largest absolute Gasteiger partial charge is 0.303 e. The molecule has 4 heteroatoms. The molecule has 1 rings (SSSR count). The van der Waals surface area contributed by atoms with Crippen molar-refractivity contribution in [2.24, 2.45) is 10.8 Å². The van der Waals surface area contributed by atoms with Crippen LogP contribution in [0.2, 0.25) is 0 Å². The first-order valence-electron chi connectivity index (χ1n) is 5.02. The van der Waals surface area contributed by atoms with Gasteiger partial charge in [-0.25, -0.2) is 0 Å². The van der Waals surface area contributed by atoms with Gasteiger partial charge in [0.1, 0.15) is 6.29 Å². The summed E-state index contributed by atoms with van der Waals surface area (Å²) in [5.74, 6) is 0. The zero-order valence-corrected chi connectivity index (χ0v) is 8.78. The summed E-state index contributed by atoms with van der Waals surface area (Å²) in [7, 11) is 0. The molecule has 0 saturated heterocycles. The topological polar surface area (TPSA) is 60.2 Å². The predicted octanol–water partition coefficient (Wildman–Crippen LogP) is 2.05. The molecule has 0 aromatic heterocycles. The van der Waals surface area contributed by atoms with Crippen molar-refractivity contribution in [3.63, 3.8) is 0 Å². The lowest BCUT2D eigenvalue weighted by molar-refractivity contribution is -0.483. The second-order valence-electron chi connectivity index (χ2n) is 4.82. The van der Waals surface area contributed by atoms with Crippen molar-refractivity contribution in [2.75, 3.05) is 6.54 Å². The van der Waals surface area contributed by atoms with Gasteiger partial charge in [-0.05, 0) is 18.3 Å². The van der Waals surface area contributed by atoms with Crippen LogP contribution in [0.5, 0.6) is 0 Å². The van der Waals surface area contributed by atoms with E-state index in [0.29, 0.717) is 6.42 Å². The summed E-state index contributed by atoms with van der Waals surface area (Å²) in [5.41, 5.74) is -0.537. The van der Waals surface area contributed by atoms with E-state index in [1.54, 1.807) is 0 Å². The van der Waals surface area contributed by atoms with Crippen molar-refractivity contribution in [1.29, 1.82) is 0 Å². The second-order valence-corrected chi connectivity index (χ2v) is 4.82. The first kappa shape index (κ1) is 11.1. The van der Waals surface area contributed by atoms with Crippen molar-refractivity contribution in [3.05, 3.63) is 10.1 Å². The first-order chi connectivity index (χ1) is 6.43. The van der Waals surface area contributed by atoms with Crippen molar-refractivity contribution < 1.29 is 9.72 Å². The molecule has 0 spiro atoms. The molecule has 0 amide bonds. The fraction of sp³-hybridized carbons (Fsp3) is 0.900. The Hall–Kier alpha value is -0.930. The molecule has 14 heavy (non-hydrogen) atoms. The molecule has 0 aliphatic heterocycles. The van der Waals surface area contributed by atoms with E-state index in [-0.39, 0.29) is 16.9 Å². The van der Waals surface area contributed by atoms with Gasteiger partial charge in [0.05, 0.1) is 0 Å². The minimum Gasteiger partial charge on any atom is -0.303 e. The van der Waals surface area contributed by atoms with E-state index in [0.717, 1.165) is 25.5 Å². The van der Waals surface area contributed by atoms with Crippen LogP contribution in [0.1, 0.15) is 39.5 Å². The number of nitro groups is 1. The maximum Gasteiger partial charge on any atom is 0.204 e. The van der Waals surface area contributed by atoms with Crippen LogP contribution in [-0.4, -0.2) is 17.8 Å². The maximum atomic E-state index is 11.1. The predicted molar refractivity (Wildman–Crippen MR) is 52.6 cm³/mol. The number of rotatable bonds is 4. The van der Waals surface area contributed by atoms with Crippen LogP contribution in [0.25, 0.3) is 0 Å². The Morgan fingerprint density at radius 2 is 2.07 bits per heavy atom. The van der Waals surface area contributed by atoms with E-state index < -0.39 is 5.41 Å². The molecule has 1 aliphatic rings. The highest BCUT2D eigenvalue weighted by atomic mass is 16.6. The average molecular weight is 199 g/mol. The van der Waals surface area contributed by atoms with Gasteiger partial charge >= 0.3 is 0 Å². The van der Waals surface area contributed by atoms with Gasteiger partial charge in [-0.15, -0.1) is 0 Å². The molecule has 1 aliphatic carbocycles. The monoisotopic (exact) mass is 199 g/mol. The molecule has 0 bridgehead atoms. The summed E-state index contributed by atoms with van der Waals surface area (Å²) < 4.78 is 0. The Labute approximate surface area is 83.8 Å². The minimum absolute atomic E-state index is 0.0786. The highest BCUT2D eigenvalue weighted by molar-refractivity contribution is 5.61. The number of carbonyl (C=O) groups is 1. The molecule has 0 heterocycles. The van der Waals surface area contributed by atoms with Crippen LogP contribution in [0.15, 0.2) is 0 Å². The molecule has 0 aromatic rings. The highest BCUT2D eigenvalue weighted by Gasteiger charge is 2.49. The van der Waals surface area contributed by atoms with E-state index in [4.69, 9.17) is 0 Å². The summed E-state index contributed by atoms with van der Waals surface area (Å²) >= 11 is 0. The number of hydrogen-bond acceptors (Lipinski definition) is 3. The fourth-order valence-corrected chi connectivity index (χ4v) is 2.46. The van der Waals surface area contributed by atoms with Crippen LogP contribution >= 0.6 is 0 Å². The summed E-state index contributed by atoms with van der Waals surface area (Å²) in [6.07, 6.45) is 4.13. The van der Waals surface area contributed by atoms with E-state index in [2.05, 4.69) is 0 Å². The van der Waals surface area contributed by atoms with Crippen LogP contribution in [0, 0.1) is 20.9 Å². The van der Waals surface area contributed by atoms with Crippen molar-refractivity contribution in [2.45, 2.75) is 39.5 Å². The average Bonchev–Trinajstić information content (AvgIpc) is 2.38. The third-order valence-corrected chi connectivity index (χ3v) is 3.74. The van der Waals surface area contributed by atoms with Crippen LogP contribution < -0.4 is 0 Å². The smallest absolute Gasteiger partial charge is 0.204 e. The summed E-state index contributed by atoms with van der Waals surface area (Å²) in [4.78, 5) is 21.1. The van der Waals surface area contributed by atoms with Crippen molar-refractivity contribution >= 4 is 6.29 Å². The fourth-order valence-electron chi connectivity index (χ4n) is 2.46. The molecule has 0 aromatic carbocycles. The van der Waals surface area contributed by atoms with Gasteiger partial charge in [0.25, 0.3) is 0 Å². The molecule has 0 radical (unpaired) electrons. The normalized spacial score (nSPS) is 30.1. The molecule has 1 saturated carbocycles. The van der Waals surface area contributed by atoms with Crippen LogP contribution in [0.3, 0.4) is 0 Å². The van der Waals surface area contributed by atoms with Crippen molar-refractivity contribution in [3.8, 4) is 0 Å². The van der Waals surface area contributed by atoms with Gasteiger partial charge in [-0.1, -0.05) is 20.3 Å². The SMILES string of the molecule is CC1(C)CCC[C@@]1(C=O)CC[N+](=O)[O-]. The first-order valence-corrected chi connectivity index (χ1v) is 5.02. The number of aldehydes is 1. The molecule has 80 valence electrons. The lowest BCUT2D eigenvalue weighted by Crippen LogP contribution is -2.36. The van der Waals surface area contributed by atoms with Crippen molar-refractivity contribution in [1.82, 2.24) is 0 Å². The third kappa shape index (κ3) is 1.79. The standard InChI is InChI=1S/C10H17NO3/c1-9(2)4-3-5-10(9,8-12)6-7-11(13)14/h8H,3-7H2,1-2H3/t10-/m0/s1. The Bertz CT molecular complexity index is 250. The molecule has 4 nitrogen and oxygen atoms in total. The number of nitrogens with zero attached hydrogens (tertiary/aromatic N) is 1. The quantitative estimate of drug-likeness (QED) is 0.395. The Kier molecular flexibility index (Phi) is 2.92. The molecule has 0 N–H and O–H groups in total. The second kappa shape index (κ2) is 3.67. The molecular weight excluding hydrogens is 182 g/mol. The summed E-state index contributed by atoms with van der Waals surface area (Å²) in [6, 6.07) is 0. The van der Waals surface area contributed by atoms with Gasteiger partial charge in [0, 0.05) is 16.8 Å². The molecule has 0 unspecified atom stereocenters. The van der Waals surface area contributed by atoms with E-state index >= 15 is 0 Å². The molecular formula is C10H17NO3. The maximum absolute atomic E-state index is 11.1. The van der Waals surface area contributed by atoms with Gasteiger partial charge in [-0.3, -0.25) is 10.1 Å². The zero-order chi connectivity index (χ0) is 10.8. The zero-order valence-electron chi connectivity index (χ0n) is 8.78. The Morgan fingerprint density at radius 3 is 2.43 bits per heavy atom. The van der Waals surface area contributed by atoms with E-state index in [1.807, 2.05) is 13.8 Å². The number of carbonyl (C=O) groups excluding carboxylic acids is 1. The van der Waals surface area contributed by atoms with Crippen LogP contribution in [-0.2, 0) is 4.79 Å². The van der Waals surface area contributed by atoms with Gasteiger partial charge < -0.3 is 4.79 Å².